The van der Waals surface area contributed by atoms with Gasteiger partial charge in [-0.2, -0.15) is 9.97 Å². The van der Waals surface area contributed by atoms with E-state index in [4.69, 9.17) is 28.9 Å². The number of benzene rings is 3. The van der Waals surface area contributed by atoms with E-state index in [0.29, 0.717) is 75.7 Å². The molecule has 4 aliphatic rings. The molecule has 350 valence electrons. The zero-order chi connectivity index (χ0) is 46.6. The van der Waals surface area contributed by atoms with Gasteiger partial charge in [-0.1, -0.05) is 66.0 Å². The van der Waals surface area contributed by atoms with Gasteiger partial charge in [-0.25, -0.2) is 13.6 Å². The molecule has 1 aromatic heterocycles. The van der Waals surface area contributed by atoms with Crippen LogP contribution in [0.4, 0.5) is 19.4 Å². The standard InChI is InChI=1S/C52H69F2N5O5Si/c1-32(2)65(33(3)4,34(5)6)25-21-40-43(53)20-15-35-26-38(63-31-61-11)27-42(45(35)40)39-18-19-41-47(46(39)54)55-49(62-30-52-22-12-14-44(52)57(10)24-13-23-52)56-48(41)58-28-36-16-17-37(29-58)59(36)50(60)64-51(7,8)9/h15,18-20,26-27,32-34,36-37,44H,12-14,16-17,22-24,28-31H2,1-11H3/t36-,37+,44-,52-/m1/s1. The lowest BCUT2D eigenvalue weighted by Gasteiger charge is -2.44. The fraction of sp³-hybridized carbons (Fsp3) is 0.596. The average molecular weight is 910 g/mol. The Morgan fingerprint density at radius 2 is 1.60 bits per heavy atom. The minimum Gasteiger partial charge on any atom is -0.468 e. The molecule has 0 N–H and O–H groups in total. The Kier molecular flexibility index (Phi) is 13.2. The van der Waals surface area contributed by atoms with E-state index in [1.165, 1.54) is 6.07 Å². The van der Waals surface area contributed by atoms with Crippen LogP contribution in [0.3, 0.4) is 0 Å². The molecule has 1 aliphatic carbocycles. The van der Waals surface area contributed by atoms with Gasteiger partial charge in [0.15, 0.2) is 12.6 Å². The number of nitrogens with zero attached hydrogens (tertiary/aromatic N) is 5. The molecule has 3 saturated heterocycles. The van der Waals surface area contributed by atoms with Gasteiger partial charge < -0.3 is 28.7 Å². The van der Waals surface area contributed by atoms with E-state index in [9.17, 15) is 4.79 Å². The number of amides is 1. The largest absolute Gasteiger partial charge is 0.468 e. The molecular formula is C52H69F2N5O5Si. The SMILES string of the molecule is COCOc1cc(-c2ccc3c(N4C[C@H]5CC[C@@H](C4)N5C(=O)OC(C)(C)C)nc(OC[C@]45CCC[C@H]4N(C)CCC5)nc3c2F)c2c(C#C[Si](C(C)C)(C(C)C)C(C)C)c(F)ccc2c1. The normalized spacial score (nSPS) is 22.6. The van der Waals surface area contributed by atoms with Crippen LogP contribution in [0.1, 0.15) is 113 Å². The molecular weight excluding hydrogens is 841 g/mol. The summed E-state index contributed by atoms with van der Waals surface area (Å²) in [6, 6.07) is 10.7. The van der Waals surface area contributed by atoms with Gasteiger partial charge in [0.05, 0.1) is 24.3 Å². The summed E-state index contributed by atoms with van der Waals surface area (Å²) in [5.74, 6) is 3.36. The lowest BCUT2D eigenvalue weighted by molar-refractivity contribution is 0.0119. The number of anilines is 1. The van der Waals surface area contributed by atoms with Crippen LogP contribution in [0, 0.1) is 28.5 Å². The van der Waals surface area contributed by atoms with E-state index in [1.807, 2.05) is 37.8 Å². The van der Waals surface area contributed by atoms with E-state index < -0.39 is 25.3 Å². The first-order valence-electron chi connectivity index (χ1n) is 23.9. The summed E-state index contributed by atoms with van der Waals surface area (Å²) in [5.41, 5.74) is 5.08. The molecule has 13 heteroatoms. The summed E-state index contributed by atoms with van der Waals surface area (Å²) in [5, 5.41) is 1.70. The zero-order valence-electron chi connectivity index (χ0n) is 40.4. The third kappa shape index (κ3) is 8.80. The van der Waals surface area contributed by atoms with Crippen molar-refractivity contribution in [1.29, 1.82) is 0 Å². The third-order valence-electron chi connectivity index (χ3n) is 15.2. The molecule has 3 aliphatic heterocycles. The molecule has 4 heterocycles. The molecule has 4 atom stereocenters. The van der Waals surface area contributed by atoms with Crippen molar-refractivity contribution < 1.29 is 32.5 Å². The average Bonchev–Trinajstić information content (AvgIpc) is 3.80. The summed E-state index contributed by atoms with van der Waals surface area (Å²) in [7, 11) is 1.45. The van der Waals surface area contributed by atoms with Crippen molar-refractivity contribution in [3.63, 3.8) is 0 Å². The van der Waals surface area contributed by atoms with Gasteiger partial charge in [-0.15, -0.1) is 5.54 Å². The van der Waals surface area contributed by atoms with Crippen molar-refractivity contribution in [2.24, 2.45) is 5.41 Å². The Morgan fingerprint density at radius 1 is 0.908 bits per heavy atom. The maximum Gasteiger partial charge on any atom is 0.410 e. The minimum atomic E-state index is -2.29. The number of fused-ring (bicyclic) bond motifs is 5. The lowest BCUT2D eigenvalue weighted by Crippen LogP contribution is -2.57. The number of carbonyl (C=O) groups excluding carboxylic acids is 1. The first-order chi connectivity index (χ1) is 30.9. The zero-order valence-corrected chi connectivity index (χ0v) is 41.4. The maximum absolute atomic E-state index is 18.0. The van der Waals surface area contributed by atoms with Gasteiger partial charge in [0.25, 0.3) is 0 Å². The van der Waals surface area contributed by atoms with Crippen LogP contribution in [0.5, 0.6) is 11.8 Å². The van der Waals surface area contributed by atoms with E-state index in [2.05, 4.69) is 69.9 Å². The number of likely N-dealkylation sites (tertiary alicyclic amines) is 1. The van der Waals surface area contributed by atoms with Gasteiger partial charge in [-0.3, -0.25) is 4.90 Å². The van der Waals surface area contributed by atoms with Crippen molar-refractivity contribution in [3.05, 3.63) is 53.6 Å². The van der Waals surface area contributed by atoms with Crippen LogP contribution < -0.4 is 14.4 Å². The lowest BCUT2D eigenvalue weighted by atomic mass is 9.76. The molecule has 0 unspecified atom stereocenters. The minimum absolute atomic E-state index is 0.0249. The van der Waals surface area contributed by atoms with Crippen molar-refractivity contribution in [2.75, 3.05) is 52.1 Å². The molecule has 3 aromatic carbocycles. The predicted molar refractivity (Wildman–Crippen MR) is 257 cm³/mol. The Balaban J connectivity index is 1.29. The van der Waals surface area contributed by atoms with Gasteiger partial charge >= 0.3 is 12.1 Å². The highest BCUT2D eigenvalue weighted by Crippen LogP contribution is 2.48. The van der Waals surface area contributed by atoms with Crippen LogP contribution in [0.15, 0.2) is 36.4 Å². The van der Waals surface area contributed by atoms with Crippen LogP contribution >= 0.6 is 0 Å². The number of hydrogen-bond donors (Lipinski definition) is 0. The molecule has 1 saturated carbocycles. The molecule has 65 heavy (non-hydrogen) atoms. The Labute approximate surface area is 385 Å². The number of aromatic nitrogens is 2. The summed E-state index contributed by atoms with van der Waals surface area (Å²) < 4.78 is 58.3. The van der Waals surface area contributed by atoms with Crippen molar-refractivity contribution in [2.45, 2.75) is 148 Å². The number of rotatable bonds is 11. The molecule has 4 fully saturated rings. The van der Waals surface area contributed by atoms with Gasteiger partial charge in [0, 0.05) is 48.0 Å². The molecule has 0 radical (unpaired) electrons. The Bertz CT molecular complexity index is 2460. The molecule has 8 rings (SSSR count). The number of ether oxygens (including phenoxy) is 4. The first kappa shape index (κ1) is 47.0. The van der Waals surface area contributed by atoms with Crippen molar-refractivity contribution in [3.8, 4) is 34.4 Å². The summed E-state index contributed by atoms with van der Waals surface area (Å²) in [6.45, 7) is 21.5. The highest BCUT2D eigenvalue weighted by molar-refractivity contribution is 6.90. The van der Waals surface area contributed by atoms with Crippen LogP contribution in [-0.4, -0.2) is 105 Å². The highest BCUT2D eigenvalue weighted by atomic mass is 28.3. The van der Waals surface area contributed by atoms with E-state index >= 15 is 8.78 Å². The first-order valence-corrected chi connectivity index (χ1v) is 26.1. The van der Waals surface area contributed by atoms with Gasteiger partial charge in [0.2, 0.25) is 0 Å². The van der Waals surface area contributed by atoms with Gasteiger partial charge in [0.1, 0.15) is 36.6 Å². The summed E-state index contributed by atoms with van der Waals surface area (Å²) in [6.07, 6.45) is 6.80. The highest BCUT2D eigenvalue weighted by Gasteiger charge is 2.48. The maximum atomic E-state index is 18.0. The van der Waals surface area contributed by atoms with Gasteiger partial charge in [-0.05, 0) is 125 Å². The summed E-state index contributed by atoms with van der Waals surface area (Å²) in [4.78, 5) is 30.0. The van der Waals surface area contributed by atoms with Crippen LogP contribution in [0.2, 0.25) is 16.6 Å². The molecule has 1 amide bonds. The second-order valence-electron chi connectivity index (χ2n) is 21.2. The predicted octanol–water partition coefficient (Wildman–Crippen LogP) is 11.5. The Morgan fingerprint density at radius 3 is 2.26 bits per heavy atom. The van der Waals surface area contributed by atoms with Crippen LogP contribution in [-0.2, 0) is 9.47 Å². The number of carbonyl (C=O) groups is 1. The molecule has 10 nitrogen and oxygen atoms in total. The summed E-state index contributed by atoms with van der Waals surface area (Å²) >= 11 is 0. The van der Waals surface area contributed by atoms with E-state index in [1.54, 1.807) is 25.3 Å². The third-order valence-corrected chi connectivity index (χ3v) is 21.5. The quantitative estimate of drug-likeness (QED) is 0.0829. The number of hydrogen-bond acceptors (Lipinski definition) is 9. The monoisotopic (exact) mass is 910 g/mol. The number of halogens is 2. The van der Waals surface area contributed by atoms with Crippen molar-refractivity contribution in [1.82, 2.24) is 19.8 Å². The number of piperazine rings is 1. The topological polar surface area (TPSA) is 89.5 Å². The van der Waals surface area contributed by atoms with E-state index in [-0.39, 0.29) is 53.0 Å². The number of methoxy groups -OCH3 is 1. The number of piperidine rings is 1. The molecule has 0 spiro atoms. The molecule has 2 bridgehead atoms. The van der Waals surface area contributed by atoms with Crippen molar-refractivity contribution >= 4 is 41.7 Å². The molecule has 4 aromatic rings. The van der Waals surface area contributed by atoms with E-state index in [0.717, 1.165) is 51.5 Å². The smallest absolute Gasteiger partial charge is 0.410 e. The second kappa shape index (κ2) is 18.3. The second-order valence-corrected chi connectivity index (χ2v) is 26.7. The fourth-order valence-corrected chi connectivity index (χ4v) is 17.5. The Hall–Kier alpha value is -4.51. The fourth-order valence-electron chi connectivity index (χ4n) is 12.3. The van der Waals surface area contributed by atoms with Crippen LogP contribution in [0.25, 0.3) is 32.8 Å².